The van der Waals surface area contributed by atoms with Crippen LogP contribution in [0.3, 0.4) is 0 Å². The Kier molecular flexibility index (Phi) is 4.63. The molecule has 0 radical (unpaired) electrons. The number of hydrogen-bond acceptors (Lipinski definition) is 3. The van der Waals surface area contributed by atoms with Crippen LogP contribution in [0.2, 0.25) is 0 Å². The average Bonchev–Trinajstić information content (AvgIpc) is 2.87. The summed E-state index contributed by atoms with van der Waals surface area (Å²) in [4.78, 5) is 25.2. The van der Waals surface area contributed by atoms with Gasteiger partial charge in [-0.15, -0.1) is 0 Å². The van der Waals surface area contributed by atoms with Gasteiger partial charge >= 0.3 is 0 Å². The van der Waals surface area contributed by atoms with Crippen molar-refractivity contribution in [3.63, 3.8) is 0 Å². The molecule has 3 atom stereocenters. The lowest BCUT2D eigenvalue weighted by Crippen LogP contribution is -2.45. The third kappa shape index (κ3) is 3.08. The number of hydrogen-bond donors (Lipinski definition) is 2. The maximum atomic E-state index is 12.5. The summed E-state index contributed by atoms with van der Waals surface area (Å²) in [7, 11) is 1.66. The van der Waals surface area contributed by atoms with Crippen molar-refractivity contribution in [1.29, 1.82) is 0 Å². The molecule has 0 heterocycles. The number of aliphatic hydroxyl groups excluding tert-OH is 1. The Labute approximate surface area is 124 Å². The SMILES string of the molecule is CCc1ccc(C(=O)N(C)[C@@H]2CC[C@@H](C(N)=O)[C@@H]2O)cc1. The van der Waals surface area contributed by atoms with E-state index in [0.29, 0.717) is 18.4 Å². The molecule has 1 fully saturated rings. The van der Waals surface area contributed by atoms with Crippen molar-refractivity contribution in [2.75, 3.05) is 7.05 Å². The number of aryl methyl sites for hydroxylation is 1. The maximum Gasteiger partial charge on any atom is 0.253 e. The fraction of sp³-hybridized carbons (Fsp3) is 0.500. The lowest BCUT2D eigenvalue weighted by Gasteiger charge is -2.28. The van der Waals surface area contributed by atoms with Crippen LogP contribution in [-0.4, -0.2) is 41.0 Å². The van der Waals surface area contributed by atoms with Crippen LogP contribution in [0.25, 0.3) is 0 Å². The molecule has 0 spiro atoms. The molecule has 3 N–H and O–H groups in total. The van der Waals surface area contributed by atoms with Crippen LogP contribution in [0.15, 0.2) is 24.3 Å². The molecule has 5 heteroatoms. The van der Waals surface area contributed by atoms with Gasteiger partial charge < -0.3 is 15.7 Å². The zero-order valence-electron chi connectivity index (χ0n) is 12.5. The summed E-state index contributed by atoms with van der Waals surface area (Å²) >= 11 is 0. The molecule has 1 aromatic rings. The lowest BCUT2D eigenvalue weighted by molar-refractivity contribution is -0.124. The topological polar surface area (TPSA) is 83.6 Å². The summed E-state index contributed by atoms with van der Waals surface area (Å²) in [6.45, 7) is 2.06. The van der Waals surface area contributed by atoms with E-state index in [9.17, 15) is 14.7 Å². The molecule has 0 bridgehead atoms. The minimum absolute atomic E-state index is 0.146. The Morgan fingerprint density at radius 1 is 1.29 bits per heavy atom. The molecule has 2 amide bonds. The third-order valence-corrected chi connectivity index (χ3v) is 4.37. The molecule has 0 aliphatic heterocycles. The first-order valence-electron chi connectivity index (χ1n) is 7.29. The average molecular weight is 290 g/mol. The van der Waals surface area contributed by atoms with E-state index in [-0.39, 0.29) is 11.9 Å². The molecule has 1 aromatic carbocycles. The van der Waals surface area contributed by atoms with Crippen molar-refractivity contribution in [3.05, 3.63) is 35.4 Å². The summed E-state index contributed by atoms with van der Waals surface area (Å²) in [5, 5.41) is 10.2. The van der Waals surface area contributed by atoms with Gasteiger partial charge in [0.25, 0.3) is 5.91 Å². The summed E-state index contributed by atoms with van der Waals surface area (Å²) in [5.41, 5.74) is 7.03. The lowest BCUT2D eigenvalue weighted by atomic mass is 10.0. The molecule has 1 saturated carbocycles. The number of carbonyl (C=O) groups is 2. The van der Waals surface area contributed by atoms with E-state index in [0.717, 1.165) is 6.42 Å². The number of nitrogens with two attached hydrogens (primary N) is 1. The quantitative estimate of drug-likeness (QED) is 0.866. The van der Waals surface area contributed by atoms with E-state index in [2.05, 4.69) is 6.92 Å². The van der Waals surface area contributed by atoms with E-state index in [1.165, 1.54) is 10.5 Å². The van der Waals surface area contributed by atoms with Crippen LogP contribution in [0.5, 0.6) is 0 Å². The first kappa shape index (κ1) is 15.5. The highest BCUT2D eigenvalue weighted by Gasteiger charge is 2.41. The van der Waals surface area contributed by atoms with Gasteiger partial charge in [-0.1, -0.05) is 19.1 Å². The van der Waals surface area contributed by atoms with E-state index in [1.807, 2.05) is 12.1 Å². The molecule has 0 saturated heterocycles. The van der Waals surface area contributed by atoms with Gasteiger partial charge in [0.1, 0.15) is 0 Å². The minimum atomic E-state index is -0.883. The predicted molar refractivity (Wildman–Crippen MR) is 79.6 cm³/mol. The molecule has 2 rings (SSSR count). The van der Waals surface area contributed by atoms with E-state index >= 15 is 0 Å². The number of rotatable bonds is 4. The van der Waals surface area contributed by atoms with Crippen LogP contribution in [0.4, 0.5) is 0 Å². The number of amides is 2. The van der Waals surface area contributed by atoms with E-state index in [1.54, 1.807) is 19.2 Å². The minimum Gasteiger partial charge on any atom is -0.390 e. The summed E-state index contributed by atoms with van der Waals surface area (Å²) < 4.78 is 0. The molecule has 5 nitrogen and oxygen atoms in total. The molecule has 1 aliphatic carbocycles. The smallest absolute Gasteiger partial charge is 0.253 e. The second-order valence-corrected chi connectivity index (χ2v) is 5.61. The van der Waals surface area contributed by atoms with Crippen molar-refractivity contribution >= 4 is 11.8 Å². The fourth-order valence-electron chi connectivity index (χ4n) is 2.93. The number of carbonyl (C=O) groups excluding carboxylic acids is 2. The summed E-state index contributed by atoms with van der Waals surface area (Å²) in [5.74, 6) is -1.21. The van der Waals surface area contributed by atoms with Gasteiger partial charge in [-0.25, -0.2) is 0 Å². The first-order valence-corrected chi connectivity index (χ1v) is 7.29. The molecule has 114 valence electrons. The van der Waals surface area contributed by atoms with E-state index < -0.39 is 17.9 Å². The first-order chi connectivity index (χ1) is 9.95. The summed E-state index contributed by atoms with van der Waals surface area (Å²) in [6, 6.07) is 7.09. The molecular formula is C16H22N2O3. The van der Waals surface area contributed by atoms with Crippen LogP contribution < -0.4 is 5.73 Å². The largest absolute Gasteiger partial charge is 0.390 e. The molecular weight excluding hydrogens is 268 g/mol. The van der Waals surface area contributed by atoms with Crippen molar-refractivity contribution in [2.24, 2.45) is 11.7 Å². The standard InChI is InChI=1S/C16H22N2O3/c1-3-10-4-6-11(7-5-10)16(21)18(2)13-9-8-12(14(13)19)15(17)20/h4-7,12-14,19H,3,8-9H2,1-2H3,(H2,17,20)/t12-,13-,14+/m1/s1. The number of likely N-dealkylation sites (N-methyl/N-ethyl adjacent to an activating group) is 1. The van der Waals surface area contributed by atoms with E-state index in [4.69, 9.17) is 5.73 Å². The Hall–Kier alpha value is -1.88. The molecule has 21 heavy (non-hydrogen) atoms. The fourth-order valence-corrected chi connectivity index (χ4v) is 2.93. The number of nitrogens with zero attached hydrogens (tertiary/aromatic N) is 1. The highest BCUT2D eigenvalue weighted by Crippen LogP contribution is 2.29. The van der Waals surface area contributed by atoms with Gasteiger partial charge in [0.2, 0.25) is 5.91 Å². The van der Waals surface area contributed by atoms with Gasteiger partial charge in [-0.2, -0.15) is 0 Å². The van der Waals surface area contributed by atoms with Gasteiger partial charge in [0, 0.05) is 12.6 Å². The van der Waals surface area contributed by atoms with Crippen molar-refractivity contribution in [1.82, 2.24) is 4.90 Å². The predicted octanol–water partition coefficient (Wildman–Crippen LogP) is 0.946. The van der Waals surface area contributed by atoms with Crippen molar-refractivity contribution in [3.8, 4) is 0 Å². The Balaban J connectivity index is 2.10. The second-order valence-electron chi connectivity index (χ2n) is 5.61. The second kappa shape index (κ2) is 6.26. The Morgan fingerprint density at radius 3 is 2.38 bits per heavy atom. The monoisotopic (exact) mass is 290 g/mol. The van der Waals surface area contributed by atoms with Gasteiger partial charge in [-0.05, 0) is 37.0 Å². The number of primary amides is 1. The number of benzene rings is 1. The van der Waals surface area contributed by atoms with Gasteiger partial charge in [-0.3, -0.25) is 9.59 Å². The zero-order valence-corrected chi connectivity index (χ0v) is 12.5. The number of aliphatic hydroxyl groups is 1. The highest BCUT2D eigenvalue weighted by molar-refractivity contribution is 5.94. The zero-order chi connectivity index (χ0) is 15.6. The van der Waals surface area contributed by atoms with Crippen LogP contribution in [-0.2, 0) is 11.2 Å². The van der Waals surface area contributed by atoms with Gasteiger partial charge in [0.15, 0.2) is 0 Å². The molecule has 0 unspecified atom stereocenters. The normalized spacial score (nSPS) is 24.8. The third-order valence-electron chi connectivity index (χ3n) is 4.37. The summed E-state index contributed by atoms with van der Waals surface area (Å²) in [6.07, 6.45) is 1.15. The van der Waals surface area contributed by atoms with Crippen LogP contribution >= 0.6 is 0 Å². The Morgan fingerprint density at radius 2 is 1.90 bits per heavy atom. The highest BCUT2D eigenvalue weighted by atomic mass is 16.3. The van der Waals surface area contributed by atoms with Crippen molar-refractivity contribution in [2.45, 2.75) is 38.3 Å². The maximum absolute atomic E-state index is 12.5. The Bertz CT molecular complexity index is 527. The van der Waals surface area contributed by atoms with Crippen LogP contribution in [0.1, 0.15) is 35.7 Å². The van der Waals surface area contributed by atoms with Crippen molar-refractivity contribution < 1.29 is 14.7 Å². The molecule has 1 aliphatic rings. The van der Waals surface area contributed by atoms with Crippen LogP contribution in [0, 0.1) is 5.92 Å². The molecule has 0 aromatic heterocycles. The van der Waals surface area contributed by atoms with Gasteiger partial charge in [0.05, 0.1) is 18.1 Å².